The smallest absolute Gasteiger partial charge is 0.286 e. The van der Waals surface area contributed by atoms with Gasteiger partial charge in [-0.1, -0.05) is 12.1 Å². The van der Waals surface area contributed by atoms with Gasteiger partial charge in [0.15, 0.2) is 5.17 Å². The van der Waals surface area contributed by atoms with Crippen LogP contribution < -0.4 is 9.64 Å². The summed E-state index contributed by atoms with van der Waals surface area (Å²) in [5, 5.41) is 9.49. The van der Waals surface area contributed by atoms with E-state index < -0.39 is 0 Å². The number of piperazine rings is 1. The number of aliphatic imine (C=N–C) groups is 1. The molecule has 136 valence electrons. The van der Waals surface area contributed by atoms with Crippen molar-refractivity contribution >= 4 is 28.9 Å². The van der Waals surface area contributed by atoms with Gasteiger partial charge in [-0.3, -0.25) is 4.79 Å². The topological polar surface area (TPSA) is 70.1 Å². The lowest BCUT2D eigenvalue weighted by Crippen LogP contribution is -3.14. The number of nitrogens with zero attached hydrogens (tertiary/aromatic N) is 3. The first kappa shape index (κ1) is 18.5. The molecule has 1 amide bonds. The van der Waals surface area contributed by atoms with Crippen LogP contribution in [-0.2, 0) is 4.79 Å². The minimum atomic E-state index is -0.168. The highest BCUT2D eigenvalue weighted by Crippen LogP contribution is 2.30. The Kier molecular flexibility index (Phi) is 6.31. The number of carbonyl (C=O) groups is 1. The highest BCUT2D eigenvalue weighted by molar-refractivity contribution is 8.18. The van der Waals surface area contributed by atoms with Gasteiger partial charge in [0.05, 0.1) is 56.7 Å². The number of amidine groups is 1. The van der Waals surface area contributed by atoms with Crippen LogP contribution >= 0.6 is 11.8 Å². The molecular weight excluding hydrogens is 348 g/mol. The van der Waals surface area contributed by atoms with Gasteiger partial charge < -0.3 is 14.5 Å². The van der Waals surface area contributed by atoms with E-state index in [1.54, 1.807) is 0 Å². The van der Waals surface area contributed by atoms with Crippen molar-refractivity contribution in [3.63, 3.8) is 0 Å². The lowest BCUT2D eigenvalue weighted by Gasteiger charge is -2.32. The lowest BCUT2D eigenvalue weighted by atomic mass is 10.2. The molecule has 1 N–H and O–H groups in total. The van der Waals surface area contributed by atoms with Crippen LogP contribution in [0.5, 0.6) is 5.75 Å². The molecule has 2 aliphatic heterocycles. The number of nitrogens with one attached hydrogen (secondary N) is 1. The van der Waals surface area contributed by atoms with Gasteiger partial charge in [-0.25, -0.2) is 0 Å². The first-order chi connectivity index (χ1) is 12.7. The Morgan fingerprint density at radius 3 is 2.73 bits per heavy atom. The molecule has 7 heteroatoms. The fourth-order valence-corrected chi connectivity index (χ4v) is 3.97. The van der Waals surface area contributed by atoms with Crippen molar-refractivity contribution in [3.05, 3.63) is 34.7 Å². The summed E-state index contributed by atoms with van der Waals surface area (Å²) in [7, 11) is 0. The van der Waals surface area contributed by atoms with E-state index in [0.717, 1.165) is 49.2 Å². The maximum atomic E-state index is 12.2. The van der Waals surface area contributed by atoms with E-state index in [1.807, 2.05) is 37.3 Å². The molecule has 0 spiro atoms. The molecule has 2 aliphatic rings. The minimum Gasteiger partial charge on any atom is -0.494 e. The molecule has 0 unspecified atom stereocenters. The number of rotatable bonds is 5. The van der Waals surface area contributed by atoms with Gasteiger partial charge in [0.2, 0.25) is 0 Å². The normalized spacial score (nSPS) is 19.5. The minimum absolute atomic E-state index is 0.168. The molecule has 6 nitrogen and oxygen atoms in total. The van der Waals surface area contributed by atoms with Crippen LogP contribution in [-0.4, -0.2) is 55.3 Å². The van der Waals surface area contributed by atoms with Crippen molar-refractivity contribution in [3.8, 4) is 11.8 Å². The van der Waals surface area contributed by atoms with Crippen molar-refractivity contribution in [2.75, 3.05) is 39.3 Å². The number of thioether (sulfide) groups is 1. The number of hydrogen-bond acceptors (Lipinski definition) is 5. The summed E-state index contributed by atoms with van der Waals surface area (Å²) in [5.41, 5.74) is 0.964. The Bertz CT molecular complexity index is 744. The highest BCUT2D eigenvalue weighted by Gasteiger charge is 2.29. The molecular formula is C19H23N4O2S+. The van der Waals surface area contributed by atoms with Crippen LogP contribution in [0, 0.1) is 11.3 Å². The van der Waals surface area contributed by atoms with Crippen molar-refractivity contribution < 1.29 is 14.4 Å². The third-order valence-corrected chi connectivity index (χ3v) is 5.47. The largest absolute Gasteiger partial charge is 0.494 e. The zero-order valence-electron chi connectivity index (χ0n) is 14.9. The van der Waals surface area contributed by atoms with Crippen LogP contribution in [0.3, 0.4) is 0 Å². The summed E-state index contributed by atoms with van der Waals surface area (Å²) >= 11 is 1.45. The molecule has 1 aromatic rings. The van der Waals surface area contributed by atoms with Crippen LogP contribution in [0.25, 0.3) is 6.08 Å². The van der Waals surface area contributed by atoms with Gasteiger partial charge in [0.25, 0.3) is 5.91 Å². The number of ether oxygens (including phenoxy) is 1. The Labute approximate surface area is 158 Å². The van der Waals surface area contributed by atoms with E-state index >= 15 is 0 Å². The second-order valence-corrected chi connectivity index (χ2v) is 7.22. The molecule has 1 aromatic carbocycles. The number of benzene rings is 1. The molecule has 1 saturated heterocycles. The summed E-state index contributed by atoms with van der Waals surface area (Å²) in [4.78, 5) is 20.8. The number of quaternary nitrogens is 1. The Morgan fingerprint density at radius 2 is 2.08 bits per heavy atom. The second kappa shape index (κ2) is 8.88. The molecule has 0 radical (unpaired) electrons. The quantitative estimate of drug-likeness (QED) is 0.787. The number of hydrogen-bond donors (Lipinski definition) is 1. The van der Waals surface area contributed by atoms with Gasteiger partial charge in [-0.05, 0) is 42.5 Å². The number of amides is 1. The molecule has 2 heterocycles. The lowest BCUT2D eigenvalue weighted by molar-refractivity contribution is -0.903. The van der Waals surface area contributed by atoms with E-state index in [-0.39, 0.29) is 5.91 Å². The van der Waals surface area contributed by atoms with E-state index in [0.29, 0.717) is 17.9 Å². The summed E-state index contributed by atoms with van der Waals surface area (Å²) in [6.07, 6.45) is 2.48. The third-order valence-electron chi connectivity index (χ3n) is 4.43. The van der Waals surface area contributed by atoms with Gasteiger partial charge in [-0.2, -0.15) is 10.3 Å². The third kappa shape index (κ3) is 4.65. The van der Waals surface area contributed by atoms with E-state index in [2.05, 4.69) is 16.0 Å². The standard InChI is InChI=1S/C19H22N4O2S/c1-2-25-16-6-4-15(5-7-16)14-17-18(24)21-19(26-17)23-12-10-22(11-13-23)9-3-8-20/h4-7,14H,2-3,9-13H2,1H3/p+1/b17-14+. The van der Waals surface area contributed by atoms with Crippen molar-refractivity contribution in [1.29, 1.82) is 5.26 Å². The summed E-state index contributed by atoms with van der Waals surface area (Å²) in [6, 6.07) is 9.91. The highest BCUT2D eigenvalue weighted by atomic mass is 32.2. The Morgan fingerprint density at radius 1 is 1.35 bits per heavy atom. The first-order valence-electron chi connectivity index (χ1n) is 8.90. The predicted molar refractivity (Wildman–Crippen MR) is 103 cm³/mol. The van der Waals surface area contributed by atoms with E-state index in [1.165, 1.54) is 16.7 Å². The van der Waals surface area contributed by atoms with Crippen LogP contribution in [0.15, 0.2) is 34.2 Å². The summed E-state index contributed by atoms with van der Waals surface area (Å²) < 4.78 is 5.44. The molecule has 0 bridgehead atoms. The SMILES string of the molecule is CCOc1ccc(/C=C2/SC(N3CC[NH+](CCC#N)CC3)=NC2=O)cc1. The van der Waals surface area contributed by atoms with Crippen molar-refractivity contribution in [2.45, 2.75) is 13.3 Å². The van der Waals surface area contributed by atoms with Crippen LogP contribution in [0.1, 0.15) is 18.9 Å². The van der Waals surface area contributed by atoms with Crippen LogP contribution in [0.4, 0.5) is 0 Å². The molecule has 0 aromatic heterocycles. The zero-order chi connectivity index (χ0) is 18.4. The monoisotopic (exact) mass is 371 g/mol. The maximum absolute atomic E-state index is 12.2. The fourth-order valence-electron chi connectivity index (χ4n) is 3.01. The molecule has 3 rings (SSSR count). The van der Waals surface area contributed by atoms with Gasteiger partial charge in [0.1, 0.15) is 5.75 Å². The number of carbonyl (C=O) groups excluding carboxylic acids is 1. The zero-order valence-corrected chi connectivity index (χ0v) is 15.7. The van der Waals surface area contributed by atoms with Crippen molar-refractivity contribution in [1.82, 2.24) is 4.90 Å². The number of nitriles is 1. The van der Waals surface area contributed by atoms with E-state index in [4.69, 9.17) is 10.00 Å². The molecule has 0 atom stereocenters. The van der Waals surface area contributed by atoms with Gasteiger partial charge in [0, 0.05) is 0 Å². The average Bonchev–Trinajstić information content (AvgIpc) is 3.03. The van der Waals surface area contributed by atoms with Gasteiger partial charge in [-0.15, -0.1) is 0 Å². The molecule has 0 saturated carbocycles. The Hall–Kier alpha value is -2.30. The van der Waals surface area contributed by atoms with E-state index in [9.17, 15) is 4.79 Å². The predicted octanol–water partition coefficient (Wildman–Crippen LogP) is 1.17. The molecule has 26 heavy (non-hydrogen) atoms. The van der Waals surface area contributed by atoms with Gasteiger partial charge >= 0.3 is 0 Å². The first-order valence-corrected chi connectivity index (χ1v) is 9.72. The van der Waals surface area contributed by atoms with Crippen molar-refractivity contribution in [2.24, 2.45) is 4.99 Å². The average molecular weight is 371 g/mol. The Balaban J connectivity index is 1.58. The summed E-state index contributed by atoms with van der Waals surface area (Å²) in [5.74, 6) is 0.659. The molecule has 0 aliphatic carbocycles. The fraction of sp³-hybridized carbons (Fsp3) is 0.421. The summed E-state index contributed by atoms with van der Waals surface area (Å²) in [6.45, 7) is 7.18. The maximum Gasteiger partial charge on any atom is 0.286 e. The second-order valence-electron chi connectivity index (χ2n) is 6.21. The van der Waals surface area contributed by atoms with Crippen LogP contribution in [0.2, 0.25) is 0 Å². The molecule has 1 fully saturated rings.